The van der Waals surface area contributed by atoms with E-state index in [1.54, 1.807) is 6.20 Å². The molecule has 0 fully saturated rings. The van der Waals surface area contributed by atoms with E-state index in [0.717, 1.165) is 10.6 Å². The molecular weight excluding hydrogens is 358 g/mol. The number of amides is 1. The van der Waals surface area contributed by atoms with Gasteiger partial charge in [-0.05, 0) is 36.4 Å². The van der Waals surface area contributed by atoms with Crippen molar-refractivity contribution in [3.8, 4) is 5.75 Å². The third kappa shape index (κ3) is 5.48. The van der Waals surface area contributed by atoms with E-state index in [1.807, 2.05) is 54.6 Å². The summed E-state index contributed by atoms with van der Waals surface area (Å²) in [6, 6.07) is 16.7. The standard InChI is InChI=1S/C18H16ClN3O2S/c19-18-21-11-16(25-18)10-20-13-6-8-14(9-7-13)22-17(23)12-24-15-4-2-1-3-5-15/h1-9,11,20H,10,12H2,(H,22,23). The van der Waals surface area contributed by atoms with Crippen molar-refractivity contribution >= 4 is 40.2 Å². The van der Waals surface area contributed by atoms with Crippen LogP contribution < -0.4 is 15.4 Å². The predicted molar refractivity (Wildman–Crippen MR) is 101 cm³/mol. The van der Waals surface area contributed by atoms with Gasteiger partial charge in [0.15, 0.2) is 11.1 Å². The topological polar surface area (TPSA) is 63.2 Å². The monoisotopic (exact) mass is 373 g/mol. The first kappa shape index (κ1) is 17.3. The third-order valence-electron chi connectivity index (χ3n) is 3.27. The summed E-state index contributed by atoms with van der Waals surface area (Å²) in [5, 5.41) is 6.08. The molecule has 3 aromatic rings. The van der Waals surface area contributed by atoms with Gasteiger partial charge in [-0.2, -0.15) is 0 Å². The molecule has 1 aromatic heterocycles. The Kier molecular flexibility index (Phi) is 5.87. The van der Waals surface area contributed by atoms with Gasteiger partial charge in [-0.15, -0.1) is 11.3 Å². The lowest BCUT2D eigenvalue weighted by Gasteiger charge is -2.09. The SMILES string of the molecule is O=C(COc1ccccc1)Nc1ccc(NCc2cnc(Cl)s2)cc1. The highest BCUT2D eigenvalue weighted by Gasteiger charge is 2.04. The highest BCUT2D eigenvalue weighted by Crippen LogP contribution is 2.20. The smallest absolute Gasteiger partial charge is 0.262 e. The van der Waals surface area contributed by atoms with E-state index in [4.69, 9.17) is 16.3 Å². The minimum Gasteiger partial charge on any atom is -0.484 e. The molecule has 7 heteroatoms. The number of benzene rings is 2. The zero-order valence-corrected chi connectivity index (χ0v) is 14.8. The minimum atomic E-state index is -0.205. The average molecular weight is 374 g/mol. The summed E-state index contributed by atoms with van der Waals surface area (Å²) in [5.74, 6) is 0.462. The normalized spacial score (nSPS) is 10.3. The fraction of sp³-hybridized carbons (Fsp3) is 0.111. The number of hydrogen-bond acceptors (Lipinski definition) is 5. The number of rotatable bonds is 7. The van der Waals surface area contributed by atoms with E-state index < -0.39 is 0 Å². The highest BCUT2D eigenvalue weighted by atomic mass is 35.5. The summed E-state index contributed by atoms with van der Waals surface area (Å²) in [6.07, 6.45) is 1.75. The molecule has 0 aliphatic rings. The molecule has 0 aliphatic carbocycles. The van der Waals surface area contributed by atoms with E-state index in [1.165, 1.54) is 11.3 Å². The summed E-state index contributed by atoms with van der Waals surface area (Å²) >= 11 is 7.25. The van der Waals surface area contributed by atoms with Crippen LogP contribution in [0.4, 0.5) is 11.4 Å². The van der Waals surface area contributed by atoms with Crippen molar-refractivity contribution in [2.45, 2.75) is 6.54 Å². The van der Waals surface area contributed by atoms with Crippen molar-refractivity contribution in [2.75, 3.05) is 17.2 Å². The first-order chi connectivity index (χ1) is 12.2. The number of nitrogens with one attached hydrogen (secondary N) is 2. The molecule has 128 valence electrons. The Morgan fingerprint density at radius 1 is 1.08 bits per heavy atom. The second-order valence-electron chi connectivity index (χ2n) is 5.16. The molecule has 0 saturated heterocycles. The van der Waals surface area contributed by atoms with Crippen LogP contribution in [-0.4, -0.2) is 17.5 Å². The fourth-order valence-corrected chi connectivity index (χ4v) is 3.01. The van der Waals surface area contributed by atoms with Crippen molar-refractivity contribution in [3.05, 3.63) is 70.1 Å². The van der Waals surface area contributed by atoms with Crippen molar-refractivity contribution in [1.82, 2.24) is 4.98 Å². The molecule has 0 saturated carbocycles. The molecule has 0 radical (unpaired) electrons. The minimum absolute atomic E-state index is 0.0316. The molecule has 0 atom stereocenters. The van der Waals surface area contributed by atoms with Gasteiger partial charge >= 0.3 is 0 Å². The van der Waals surface area contributed by atoms with Crippen LogP contribution in [0.2, 0.25) is 4.47 Å². The number of nitrogens with zero attached hydrogens (tertiary/aromatic N) is 1. The van der Waals surface area contributed by atoms with Crippen LogP contribution in [0.3, 0.4) is 0 Å². The van der Waals surface area contributed by atoms with Crippen LogP contribution in [0, 0.1) is 0 Å². The van der Waals surface area contributed by atoms with Gasteiger partial charge in [0.05, 0.1) is 6.54 Å². The van der Waals surface area contributed by atoms with Crippen molar-refractivity contribution < 1.29 is 9.53 Å². The molecule has 0 spiro atoms. The molecule has 1 heterocycles. The lowest BCUT2D eigenvalue weighted by Crippen LogP contribution is -2.20. The Morgan fingerprint density at radius 2 is 1.80 bits per heavy atom. The number of para-hydroxylation sites is 1. The number of hydrogen-bond donors (Lipinski definition) is 2. The molecule has 2 aromatic carbocycles. The Bertz CT molecular complexity index is 822. The van der Waals surface area contributed by atoms with Crippen molar-refractivity contribution in [1.29, 1.82) is 0 Å². The molecule has 2 N–H and O–H groups in total. The van der Waals surface area contributed by atoms with Crippen LogP contribution in [0.25, 0.3) is 0 Å². The van der Waals surface area contributed by atoms with Gasteiger partial charge < -0.3 is 15.4 Å². The lowest BCUT2D eigenvalue weighted by molar-refractivity contribution is -0.118. The Balaban J connectivity index is 1.46. The van der Waals surface area contributed by atoms with Crippen LogP contribution in [0.5, 0.6) is 5.75 Å². The first-order valence-corrected chi connectivity index (χ1v) is 8.80. The Hall–Kier alpha value is -2.57. The number of halogens is 1. The maximum absolute atomic E-state index is 11.9. The van der Waals surface area contributed by atoms with Gasteiger partial charge in [0.1, 0.15) is 5.75 Å². The number of carbonyl (C=O) groups excluding carboxylic acids is 1. The average Bonchev–Trinajstić information content (AvgIpc) is 3.06. The van der Waals surface area contributed by atoms with E-state index in [-0.39, 0.29) is 12.5 Å². The lowest BCUT2D eigenvalue weighted by atomic mass is 10.2. The third-order valence-corrected chi connectivity index (χ3v) is 4.39. The van der Waals surface area contributed by atoms with Gasteiger partial charge in [0.25, 0.3) is 5.91 Å². The molecule has 0 unspecified atom stereocenters. The Morgan fingerprint density at radius 3 is 2.48 bits per heavy atom. The van der Waals surface area contributed by atoms with E-state index in [2.05, 4.69) is 15.6 Å². The summed E-state index contributed by atoms with van der Waals surface area (Å²) in [6.45, 7) is 0.622. The van der Waals surface area contributed by atoms with Gasteiger partial charge in [0, 0.05) is 22.4 Å². The Labute approximate surface area is 154 Å². The molecule has 1 amide bonds. The van der Waals surface area contributed by atoms with Crippen LogP contribution in [0.15, 0.2) is 60.8 Å². The molecule has 5 nitrogen and oxygen atoms in total. The number of ether oxygens (including phenoxy) is 1. The predicted octanol–water partition coefficient (Wildman–Crippen LogP) is 4.43. The largest absolute Gasteiger partial charge is 0.484 e. The maximum atomic E-state index is 11.9. The van der Waals surface area contributed by atoms with Crippen LogP contribution in [-0.2, 0) is 11.3 Å². The number of carbonyl (C=O) groups is 1. The van der Waals surface area contributed by atoms with E-state index in [9.17, 15) is 4.79 Å². The maximum Gasteiger partial charge on any atom is 0.262 e. The van der Waals surface area contributed by atoms with Crippen molar-refractivity contribution in [2.24, 2.45) is 0 Å². The molecule has 0 bridgehead atoms. The first-order valence-electron chi connectivity index (χ1n) is 7.61. The summed E-state index contributed by atoms with van der Waals surface area (Å²) in [7, 11) is 0. The molecule has 0 aliphatic heterocycles. The van der Waals surface area contributed by atoms with Gasteiger partial charge in [-0.1, -0.05) is 29.8 Å². The van der Waals surface area contributed by atoms with Crippen molar-refractivity contribution in [3.63, 3.8) is 0 Å². The summed E-state index contributed by atoms with van der Waals surface area (Å²) in [5.41, 5.74) is 1.66. The second kappa shape index (κ2) is 8.50. The number of aromatic nitrogens is 1. The number of thiazole rings is 1. The van der Waals surface area contributed by atoms with Crippen LogP contribution >= 0.6 is 22.9 Å². The summed E-state index contributed by atoms with van der Waals surface area (Å²) in [4.78, 5) is 17.0. The van der Waals surface area contributed by atoms with Gasteiger partial charge in [-0.3, -0.25) is 4.79 Å². The fourth-order valence-electron chi connectivity index (χ4n) is 2.09. The number of anilines is 2. The van der Waals surface area contributed by atoms with E-state index >= 15 is 0 Å². The quantitative estimate of drug-likeness (QED) is 0.643. The van der Waals surface area contributed by atoms with Crippen LogP contribution in [0.1, 0.15) is 4.88 Å². The molecule has 3 rings (SSSR count). The zero-order valence-electron chi connectivity index (χ0n) is 13.2. The van der Waals surface area contributed by atoms with Gasteiger partial charge in [0.2, 0.25) is 0 Å². The van der Waals surface area contributed by atoms with Gasteiger partial charge in [-0.25, -0.2) is 4.98 Å². The highest BCUT2D eigenvalue weighted by molar-refractivity contribution is 7.15. The zero-order chi connectivity index (χ0) is 17.5. The van der Waals surface area contributed by atoms with E-state index in [0.29, 0.717) is 22.4 Å². The second-order valence-corrected chi connectivity index (χ2v) is 6.86. The molecule has 25 heavy (non-hydrogen) atoms. The summed E-state index contributed by atoms with van der Waals surface area (Å²) < 4.78 is 5.95. The molecular formula is C18H16ClN3O2S.